The van der Waals surface area contributed by atoms with E-state index in [1.807, 2.05) is 25.1 Å². The maximum atomic E-state index is 6.13. The standard InChI is InChI=1S/C12H12BrN3/c1-7-9-3-2-8(13)6-10(9)16-11(15-7)12(14)4-5-12/h2-3,6H,4-5,14H2,1H3. The molecule has 0 bridgehead atoms. The van der Waals surface area contributed by atoms with E-state index in [4.69, 9.17) is 5.73 Å². The molecular formula is C12H12BrN3. The summed E-state index contributed by atoms with van der Waals surface area (Å²) in [6.45, 7) is 2.01. The highest BCUT2D eigenvalue weighted by Crippen LogP contribution is 2.41. The first-order chi connectivity index (χ1) is 7.58. The summed E-state index contributed by atoms with van der Waals surface area (Å²) in [6.07, 6.45) is 1.98. The van der Waals surface area contributed by atoms with Crippen molar-refractivity contribution in [3.8, 4) is 0 Å². The van der Waals surface area contributed by atoms with Crippen LogP contribution in [-0.2, 0) is 5.54 Å². The summed E-state index contributed by atoms with van der Waals surface area (Å²) in [4.78, 5) is 9.08. The predicted molar refractivity (Wildman–Crippen MR) is 67.1 cm³/mol. The number of fused-ring (bicyclic) bond motifs is 1. The van der Waals surface area contributed by atoms with Crippen LogP contribution < -0.4 is 5.73 Å². The first kappa shape index (κ1) is 10.2. The van der Waals surface area contributed by atoms with Crippen LogP contribution in [0.2, 0.25) is 0 Å². The molecule has 0 saturated heterocycles. The third-order valence-electron chi connectivity index (χ3n) is 3.08. The van der Waals surface area contributed by atoms with Crippen LogP contribution in [0.1, 0.15) is 24.4 Å². The number of nitrogens with two attached hydrogens (primary N) is 1. The van der Waals surface area contributed by atoms with Gasteiger partial charge in [0, 0.05) is 15.6 Å². The molecule has 1 aliphatic rings. The van der Waals surface area contributed by atoms with Gasteiger partial charge in [0.25, 0.3) is 0 Å². The monoisotopic (exact) mass is 277 g/mol. The fraction of sp³-hybridized carbons (Fsp3) is 0.333. The van der Waals surface area contributed by atoms with Crippen molar-refractivity contribution in [1.82, 2.24) is 9.97 Å². The number of aromatic nitrogens is 2. The van der Waals surface area contributed by atoms with Gasteiger partial charge in [-0.2, -0.15) is 0 Å². The van der Waals surface area contributed by atoms with Crippen LogP contribution in [-0.4, -0.2) is 9.97 Å². The summed E-state index contributed by atoms with van der Waals surface area (Å²) < 4.78 is 1.03. The zero-order valence-electron chi connectivity index (χ0n) is 9.00. The third kappa shape index (κ3) is 1.53. The van der Waals surface area contributed by atoms with Crippen LogP contribution in [0.15, 0.2) is 22.7 Å². The summed E-state index contributed by atoms with van der Waals surface area (Å²) in [5.41, 5.74) is 7.84. The molecule has 0 amide bonds. The van der Waals surface area contributed by atoms with Gasteiger partial charge < -0.3 is 5.73 Å². The topological polar surface area (TPSA) is 51.8 Å². The highest BCUT2D eigenvalue weighted by atomic mass is 79.9. The fourth-order valence-corrected chi connectivity index (χ4v) is 2.19. The Kier molecular flexibility index (Phi) is 2.06. The lowest BCUT2D eigenvalue weighted by Gasteiger charge is -2.10. The largest absolute Gasteiger partial charge is 0.319 e. The molecule has 1 fully saturated rings. The Balaban J connectivity index is 2.27. The minimum Gasteiger partial charge on any atom is -0.319 e. The van der Waals surface area contributed by atoms with Crippen LogP contribution >= 0.6 is 15.9 Å². The molecule has 0 aliphatic heterocycles. The van der Waals surface area contributed by atoms with Crippen molar-refractivity contribution in [2.24, 2.45) is 5.73 Å². The predicted octanol–water partition coefficient (Wildman–Crippen LogP) is 2.65. The van der Waals surface area contributed by atoms with Crippen LogP contribution in [0.4, 0.5) is 0 Å². The maximum Gasteiger partial charge on any atom is 0.149 e. The van der Waals surface area contributed by atoms with Gasteiger partial charge in [-0.1, -0.05) is 15.9 Å². The first-order valence-corrected chi connectivity index (χ1v) is 6.11. The van der Waals surface area contributed by atoms with Gasteiger partial charge in [-0.25, -0.2) is 9.97 Å². The molecule has 2 N–H and O–H groups in total. The Labute approximate surface area is 102 Å². The number of rotatable bonds is 1. The molecule has 4 heteroatoms. The van der Waals surface area contributed by atoms with E-state index in [2.05, 4.69) is 25.9 Å². The van der Waals surface area contributed by atoms with E-state index in [9.17, 15) is 0 Å². The van der Waals surface area contributed by atoms with E-state index in [0.717, 1.165) is 39.7 Å². The number of benzene rings is 1. The minimum atomic E-state index is -0.263. The molecule has 2 aromatic rings. The Morgan fingerprint density at radius 2 is 2.06 bits per heavy atom. The lowest BCUT2D eigenvalue weighted by atomic mass is 10.1. The van der Waals surface area contributed by atoms with Crippen molar-refractivity contribution in [3.05, 3.63) is 34.2 Å². The lowest BCUT2D eigenvalue weighted by Crippen LogP contribution is -2.22. The lowest BCUT2D eigenvalue weighted by molar-refractivity contribution is 0.674. The van der Waals surface area contributed by atoms with Gasteiger partial charge in [0.2, 0.25) is 0 Å². The smallest absolute Gasteiger partial charge is 0.149 e. The molecule has 1 aromatic carbocycles. The highest BCUT2D eigenvalue weighted by Gasteiger charge is 2.43. The first-order valence-electron chi connectivity index (χ1n) is 5.32. The third-order valence-corrected chi connectivity index (χ3v) is 3.58. The molecule has 1 aromatic heterocycles. The van der Waals surface area contributed by atoms with E-state index in [1.54, 1.807) is 0 Å². The average molecular weight is 278 g/mol. The summed E-state index contributed by atoms with van der Waals surface area (Å²) >= 11 is 3.46. The van der Waals surface area contributed by atoms with Gasteiger partial charge in [-0.15, -0.1) is 0 Å². The van der Waals surface area contributed by atoms with E-state index >= 15 is 0 Å². The number of hydrogen-bond donors (Lipinski definition) is 1. The molecule has 1 aliphatic carbocycles. The average Bonchev–Trinajstić information content (AvgIpc) is 2.97. The molecule has 3 rings (SSSR count). The molecule has 1 saturated carbocycles. The molecular weight excluding hydrogens is 266 g/mol. The second kappa shape index (κ2) is 3.25. The number of nitrogens with zero attached hydrogens (tertiary/aromatic N) is 2. The fourth-order valence-electron chi connectivity index (χ4n) is 1.84. The highest BCUT2D eigenvalue weighted by molar-refractivity contribution is 9.10. The van der Waals surface area contributed by atoms with E-state index in [1.165, 1.54) is 0 Å². The van der Waals surface area contributed by atoms with Crippen molar-refractivity contribution in [3.63, 3.8) is 0 Å². The van der Waals surface area contributed by atoms with Crippen molar-refractivity contribution < 1.29 is 0 Å². The molecule has 82 valence electrons. The molecule has 0 atom stereocenters. The zero-order chi connectivity index (χ0) is 11.3. The molecule has 3 nitrogen and oxygen atoms in total. The van der Waals surface area contributed by atoms with Gasteiger partial charge in [-0.3, -0.25) is 0 Å². The van der Waals surface area contributed by atoms with E-state index in [-0.39, 0.29) is 5.54 Å². The van der Waals surface area contributed by atoms with Gasteiger partial charge in [-0.05, 0) is 38.0 Å². The Hall–Kier alpha value is -1.000. The normalized spacial score (nSPS) is 17.7. The van der Waals surface area contributed by atoms with Gasteiger partial charge in [0.1, 0.15) is 5.82 Å². The second-order valence-electron chi connectivity index (χ2n) is 4.45. The summed E-state index contributed by atoms with van der Waals surface area (Å²) in [5, 5.41) is 1.09. The molecule has 0 spiro atoms. The van der Waals surface area contributed by atoms with Gasteiger partial charge in [0.05, 0.1) is 11.1 Å². The Morgan fingerprint density at radius 3 is 2.75 bits per heavy atom. The number of aryl methyl sites for hydroxylation is 1. The summed E-state index contributed by atoms with van der Waals surface area (Å²) in [7, 11) is 0. The van der Waals surface area contributed by atoms with Gasteiger partial charge in [0.15, 0.2) is 0 Å². The number of halogens is 1. The van der Waals surface area contributed by atoms with Crippen molar-refractivity contribution >= 4 is 26.8 Å². The van der Waals surface area contributed by atoms with E-state index < -0.39 is 0 Å². The van der Waals surface area contributed by atoms with Crippen LogP contribution in [0.5, 0.6) is 0 Å². The SMILES string of the molecule is Cc1nc(C2(N)CC2)nc2cc(Br)ccc12. The Morgan fingerprint density at radius 1 is 1.31 bits per heavy atom. The molecule has 0 unspecified atom stereocenters. The van der Waals surface area contributed by atoms with Crippen LogP contribution in [0.3, 0.4) is 0 Å². The van der Waals surface area contributed by atoms with Gasteiger partial charge >= 0.3 is 0 Å². The minimum absolute atomic E-state index is 0.263. The molecule has 1 heterocycles. The molecule has 0 radical (unpaired) electrons. The maximum absolute atomic E-state index is 6.13. The van der Waals surface area contributed by atoms with Crippen LogP contribution in [0, 0.1) is 6.92 Å². The van der Waals surface area contributed by atoms with Crippen LogP contribution in [0.25, 0.3) is 10.9 Å². The summed E-state index contributed by atoms with van der Waals surface area (Å²) in [5.74, 6) is 0.788. The zero-order valence-corrected chi connectivity index (χ0v) is 10.6. The number of hydrogen-bond acceptors (Lipinski definition) is 3. The summed E-state index contributed by atoms with van der Waals surface area (Å²) in [6, 6.07) is 6.06. The van der Waals surface area contributed by atoms with Crippen molar-refractivity contribution in [2.75, 3.05) is 0 Å². The van der Waals surface area contributed by atoms with Crippen molar-refractivity contribution in [1.29, 1.82) is 0 Å². The quantitative estimate of drug-likeness (QED) is 0.872. The molecule has 16 heavy (non-hydrogen) atoms. The van der Waals surface area contributed by atoms with E-state index in [0.29, 0.717) is 0 Å². The van der Waals surface area contributed by atoms with Crippen molar-refractivity contribution in [2.45, 2.75) is 25.3 Å². The second-order valence-corrected chi connectivity index (χ2v) is 5.37. The Bertz CT molecular complexity index is 576.